The summed E-state index contributed by atoms with van der Waals surface area (Å²) in [5.41, 5.74) is -0.994. The van der Waals surface area contributed by atoms with Crippen LogP contribution in [0.1, 0.15) is 19.0 Å². The van der Waals surface area contributed by atoms with Gasteiger partial charge in [0, 0.05) is 25.3 Å². The summed E-state index contributed by atoms with van der Waals surface area (Å²) in [5, 5.41) is 2.54. The van der Waals surface area contributed by atoms with E-state index in [4.69, 9.17) is 9.47 Å². The molecule has 2 heterocycles. The summed E-state index contributed by atoms with van der Waals surface area (Å²) < 4.78 is 48.2. The minimum absolute atomic E-state index is 0.0362. The van der Waals surface area contributed by atoms with Gasteiger partial charge in [-0.15, -0.1) is 0 Å². The molecule has 9 heteroatoms. The molecule has 2 rings (SSSR count). The number of pyridine rings is 1. The van der Waals surface area contributed by atoms with Crippen LogP contribution in [0, 0.1) is 0 Å². The molecule has 128 valence electrons. The van der Waals surface area contributed by atoms with Crippen molar-refractivity contribution in [3.05, 3.63) is 18.0 Å². The normalized spacial score (nSPS) is 19.2. The predicted octanol–water partition coefficient (Wildman–Crippen LogP) is 2.75. The molecule has 0 spiro atoms. The van der Waals surface area contributed by atoms with Gasteiger partial charge in [0.15, 0.2) is 0 Å². The number of alkyl halides is 3. The number of anilines is 1. The number of rotatable bonds is 2. The van der Waals surface area contributed by atoms with Crippen LogP contribution in [0.2, 0.25) is 0 Å². The molecule has 1 N–H and O–H groups in total. The highest BCUT2D eigenvalue weighted by Gasteiger charge is 2.33. The van der Waals surface area contributed by atoms with Crippen LogP contribution in [0.4, 0.5) is 23.7 Å². The van der Waals surface area contributed by atoms with Crippen molar-refractivity contribution >= 4 is 11.7 Å². The van der Waals surface area contributed by atoms with Gasteiger partial charge in [-0.05, 0) is 13.3 Å². The minimum atomic E-state index is -4.58. The van der Waals surface area contributed by atoms with Crippen molar-refractivity contribution in [2.75, 3.05) is 32.2 Å². The summed E-state index contributed by atoms with van der Waals surface area (Å²) in [7, 11) is 1.23. The maximum Gasteiger partial charge on any atom is 0.433 e. The molecule has 1 aliphatic heterocycles. The summed E-state index contributed by atoms with van der Waals surface area (Å²) in [5.74, 6) is -0.0978. The largest absolute Gasteiger partial charge is 0.494 e. The molecule has 1 aliphatic rings. The Morgan fingerprint density at radius 2 is 2.22 bits per heavy atom. The second kappa shape index (κ2) is 7.03. The lowest BCUT2D eigenvalue weighted by Crippen LogP contribution is -2.42. The number of ether oxygens (including phenoxy) is 2. The number of hydrogen-bond donors (Lipinski definition) is 1. The Kier molecular flexibility index (Phi) is 5.30. The average molecular weight is 333 g/mol. The summed E-state index contributed by atoms with van der Waals surface area (Å²) in [6.07, 6.45) is -2.94. The molecule has 1 atom stereocenters. The van der Waals surface area contributed by atoms with Gasteiger partial charge in [0.25, 0.3) is 0 Å². The number of nitrogens with one attached hydrogen (secondary N) is 1. The maximum atomic E-state index is 12.7. The first-order valence-corrected chi connectivity index (χ1v) is 7.09. The van der Waals surface area contributed by atoms with Gasteiger partial charge in [-0.25, -0.2) is 9.78 Å². The first kappa shape index (κ1) is 17.3. The minimum Gasteiger partial charge on any atom is -0.494 e. The third-order valence-corrected chi connectivity index (χ3v) is 3.57. The van der Waals surface area contributed by atoms with Crippen molar-refractivity contribution in [2.24, 2.45) is 0 Å². The number of halogens is 3. The lowest BCUT2D eigenvalue weighted by atomic mass is 10.2. The molecule has 1 aromatic rings. The zero-order valence-corrected chi connectivity index (χ0v) is 12.8. The quantitative estimate of drug-likeness (QED) is 0.904. The molecule has 0 aromatic carbocycles. The smallest absolute Gasteiger partial charge is 0.433 e. The molecule has 0 saturated carbocycles. The van der Waals surface area contributed by atoms with Crippen LogP contribution in [0.25, 0.3) is 0 Å². The molecule has 2 amide bonds. The number of urea groups is 1. The Bertz CT molecular complexity index is 566. The molecular weight excluding hydrogens is 315 g/mol. The highest BCUT2D eigenvalue weighted by molar-refractivity contribution is 5.91. The Morgan fingerprint density at radius 3 is 2.87 bits per heavy atom. The van der Waals surface area contributed by atoms with Crippen molar-refractivity contribution in [1.82, 2.24) is 9.88 Å². The van der Waals surface area contributed by atoms with E-state index in [2.05, 4.69) is 10.3 Å². The first-order chi connectivity index (χ1) is 10.8. The third-order valence-electron chi connectivity index (χ3n) is 3.57. The lowest BCUT2D eigenvalue weighted by Gasteiger charge is -2.26. The number of methoxy groups -OCH3 is 1. The molecule has 0 radical (unpaired) electrons. The fourth-order valence-corrected chi connectivity index (χ4v) is 2.24. The van der Waals surface area contributed by atoms with Crippen LogP contribution in [0.3, 0.4) is 0 Å². The first-order valence-electron chi connectivity index (χ1n) is 7.09. The van der Waals surface area contributed by atoms with Gasteiger partial charge in [-0.2, -0.15) is 13.2 Å². The molecule has 1 fully saturated rings. The van der Waals surface area contributed by atoms with Crippen molar-refractivity contribution in [3.63, 3.8) is 0 Å². The van der Waals surface area contributed by atoms with Crippen LogP contribution < -0.4 is 10.1 Å². The second-order valence-corrected chi connectivity index (χ2v) is 5.14. The van der Waals surface area contributed by atoms with Gasteiger partial charge < -0.3 is 19.7 Å². The summed E-state index contributed by atoms with van der Waals surface area (Å²) in [4.78, 5) is 17.2. The third kappa shape index (κ3) is 4.25. The van der Waals surface area contributed by atoms with E-state index < -0.39 is 17.9 Å². The topological polar surface area (TPSA) is 63.7 Å². The fourth-order valence-electron chi connectivity index (χ4n) is 2.24. The second-order valence-electron chi connectivity index (χ2n) is 5.14. The molecule has 0 aliphatic carbocycles. The van der Waals surface area contributed by atoms with E-state index in [0.29, 0.717) is 26.2 Å². The van der Waals surface area contributed by atoms with Crippen LogP contribution in [0.15, 0.2) is 12.3 Å². The number of carbonyl (C=O) groups excluding carboxylic acids is 1. The van der Waals surface area contributed by atoms with E-state index in [1.54, 1.807) is 4.90 Å². The summed E-state index contributed by atoms with van der Waals surface area (Å²) >= 11 is 0. The van der Waals surface area contributed by atoms with Gasteiger partial charge in [0.2, 0.25) is 0 Å². The van der Waals surface area contributed by atoms with E-state index in [0.717, 1.165) is 12.3 Å². The molecule has 1 aromatic heterocycles. The highest BCUT2D eigenvalue weighted by Crippen LogP contribution is 2.33. The van der Waals surface area contributed by atoms with Crippen LogP contribution in [0.5, 0.6) is 5.75 Å². The SMILES string of the molecule is COc1cc(C(F)(F)F)ncc1NC(=O)N1CCOCC[C@H]1C. The Morgan fingerprint density at radius 1 is 1.48 bits per heavy atom. The van der Waals surface area contributed by atoms with Crippen LogP contribution in [-0.2, 0) is 10.9 Å². The molecule has 23 heavy (non-hydrogen) atoms. The summed E-state index contributed by atoms with van der Waals surface area (Å²) in [6, 6.07) is 0.290. The van der Waals surface area contributed by atoms with Gasteiger partial charge in [0.1, 0.15) is 17.1 Å². The Labute approximate surface area is 131 Å². The number of carbonyl (C=O) groups is 1. The lowest BCUT2D eigenvalue weighted by molar-refractivity contribution is -0.141. The summed E-state index contributed by atoms with van der Waals surface area (Å²) in [6.45, 7) is 3.27. The monoisotopic (exact) mass is 333 g/mol. The van der Waals surface area contributed by atoms with Gasteiger partial charge in [0.05, 0.1) is 19.9 Å². The number of nitrogens with zero attached hydrogens (tertiary/aromatic N) is 2. The van der Waals surface area contributed by atoms with Crippen molar-refractivity contribution in [3.8, 4) is 5.75 Å². The van der Waals surface area contributed by atoms with E-state index in [-0.39, 0.29) is 17.5 Å². The Balaban J connectivity index is 2.17. The van der Waals surface area contributed by atoms with E-state index in [1.165, 1.54) is 7.11 Å². The zero-order chi connectivity index (χ0) is 17.0. The maximum absolute atomic E-state index is 12.7. The van der Waals surface area contributed by atoms with E-state index in [9.17, 15) is 18.0 Å². The number of hydrogen-bond acceptors (Lipinski definition) is 4. The van der Waals surface area contributed by atoms with Crippen molar-refractivity contribution in [2.45, 2.75) is 25.6 Å². The highest BCUT2D eigenvalue weighted by atomic mass is 19.4. The van der Waals surface area contributed by atoms with E-state index >= 15 is 0 Å². The predicted molar refractivity (Wildman–Crippen MR) is 76.4 cm³/mol. The number of amides is 2. The van der Waals surface area contributed by atoms with Gasteiger partial charge >= 0.3 is 12.2 Å². The molecule has 0 unspecified atom stereocenters. The molecule has 6 nitrogen and oxygen atoms in total. The Hall–Kier alpha value is -2.03. The van der Waals surface area contributed by atoms with Crippen molar-refractivity contribution < 1.29 is 27.4 Å². The molecule has 1 saturated heterocycles. The standard InChI is InChI=1S/C14H18F3N3O3/c1-9-3-5-23-6-4-20(9)13(21)19-10-8-18-12(14(15,16)17)7-11(10)22-2/h7-9H,3-6H2,1-2H3,(H,19,21)/t9-/m1/s1. The van der Waals surface area contributed by atoms with Crippen LogP contribution in [-0.4, -0.2) is 48.8 Å². The van der Waals surface area contributed by atoms with E-state index in [1.807, 2.05) is 6.92 Å². The average Bonchev–Trinajstić information content (AvgIpc) is 2.71. The van der Waals surface area contributed by atoms with Gasteiger partial charge in [-0.3, -0.25) is 0 Å². The molecular formula is C14H18F3N3O3. The van der Waals surface area contributed by atoms with Crippen molar-refractivity contribution in [1.29, 1.82) is 0 Å². The fraction of sp³-hybridized carbons (Fsp3) is 0.571. The zero-order valence-electron chi connectivity index (χ0n) is 12.8. The number of aromatic nitrogens is 1. The van der Waals surface area contributed by atoms with Crippen LogP contribution >= 0.6 is 0 Å². The van der Waals surface area contributed by atoms with Gasteiger partial charge in [-0.1, -0.05) is 0 Å². The molecule has 0 bridgehead atoms.